The number of hydrogen-bond acceptors (Lipinski definition) is 5. The van der Waals surface area contributed by atoms with Gasteiger partial charge in [0.25, 0.3) is 0 Å². The first kappa shape index (κ1) is 23.8. The Labute approximate surface area is 168 Å². The molecule has 0 aliphatic carbocycles. The molecule has 2 N–H and O–H groups in total. The second-order valence-electron chi connectivity index (χ2n) is 6.48. The van der Waals surface area contributed by atoms with Gasteiger partial charge in [0.15, 0.2) is 0 Å². The Kier molecular flexibility index (Phi) is 9.17. The predicted molar refractivity (Wildman–Crippen MR) is 109 cm³/mol. The van der Waals surface area contributed by atoms with E-state index in [1.54, 1.807) is 12.1 Å². The summed E-state index contributed by atoms with van der Waals surface area (Å²) in [5.41, 5.74) is 2.23. The van der Waals surface area contributed by atoms with Crippen molar-refractivity contribution in [1.82, 2.24) is 9.62 Å². The van der Waals surface area contributed by atoms with Crippen molar-refractivity contribution in [3.05, 3.63) is 23.3 Å². The minimum Gasteiger partial charge on any atom is -0.378 e. The molecule has 1 unspecified atom stereocenters. The fourth-order valence-electron chi connectivity index (χ4n) is 2.99. The molecule has 0 saturated carbocycles. The molecule has 1 amide bonds. The monoisotopic (exact) mass is 419 g/mol. The average Bonchev–Trinajstić information content (AvgIpc) is 2.60. The van der Waals surface area contributed by atoms with Gasteiger partial charge in [-0.2, -0.15) is 4.31 Å². The number of morpholine rings is 1. The van der Waals surface area contributed by atoms with Crippen LogP contribution in [0, 0.1) is 13.8 Å². The molecule has 0 aromatic heterocycles. The first-order chi connectivity index (χ1) is 12.3. The number of carbonyl (C=O) groups excluding carboxylic acids is 1. The van der Waals surface area contributed by atoms with Crippen LogP contribution >= 0.6 is 12.4 Å². The number of benzene rings is 1. The third kappa shape index (κ3) is 5.89. The van der Waals surface area contributed by atoms with Crippen molar-refractivity contribution in [2.75, 3.05) is 38.2 Å². The lowest BCUT2D eigenvalue weighted by Gasteiger charge is -2.24. The quantitative estimate of drug-likeness (QED) is 0.706. The van der Waals surface area contributed by atoms with Crippen molar-refractivity contribution in [2.45, 2.75) is 45.1 Å². The number of amides is 1. The third-order valence-electron chi connectivity index (χ3n) is 4.69. The maximum Gasteiger partial charge on any atom is 0.243 e. The van der Waals surface area contributed by atoms with Crippen molar-refractivity contribution in [3.63, 3.8) is 0 Å². The molecule has 1 atom stereocenters. The fraction of sp³-hybridized carbons (Fsp3) is 0.611. The van der Waals surface area contributed by atoms with E-state index in [0.717, 1.165) is 17.7 Å². The fourth-order valence-corrected chi connectivity index (χ4v) is 4.56. The lowest BCUT2D eigenvalue weighted by atomic mass is 10.1. The minimum absolute atomic E-state index is 0. The molecule has 27 heavy (non-hydrogen) atoms. The van der Waals surface area contributed by atoms with E-state index < -0.39 is 10.0 Å². The van der Waals surface area contributed by atoms with Gasteiger partial charge in [-0.25, -0.2) is 8.42 Å². The minimum atomic E-state index is -3.58. The summed E-state index contributed by atoms with van der Waals surface area (Å²) in [6.45, 7) is 10.0. The van der Waals surface area contributed by atoms with E-state index in [1.807, 2.05) is 27.7 Å². The van der Waals surface area contributed by atoms with E-state index in [2.05, 4.69) is 10.6 Å². The van der Waals surface area contributed by atoms with Gasteiger partial charge in [-0.15, -0.1) is 12.4 Å². The van der Waals surface area contributed by atoms with E-state index in [0.29, 0.717) is 32.0 Å². The van der Waals surface area contributed by atoms with Crippen molar-refractivity contribution in [2.24, 2.45) is 0 Å². The highest BCUT2D eigenvalue weighted by molar-refractivity contribution is 7.89. The number of anilines is 1. The Balaban J connectivity index is 0.00000364. The molecular weight excluding hydrogens is 390 g/mol. The van der Waals surface area contributed by atoms with Gasteiger partial charge in [-0.05, 0) is 37.1 Å². The molecule has 9 heteroatoms. The average molecular weight is 420 g/mol. The van der Waals surface area contributed by atoms with Gasteiger partial charge in [-0.1, -0.05) is 13.8 Å². The SMILES string of the molecule is CCN(CC)S(=O)(=O)c1cc(C)c(C)c(NC(=O)CC2COCCN2)c1.Cl. The highest BCUT2D eigenvalue weighted by Crippen LogP contribution is 2.26. The van der Waals surface area contributed by atoms with Gasteiger partial charge in [0.05, 0.1) is 18.1 Å². The zero-order valence-electron chi connectivity index (χ0n) is 16.4. The van der Waals surface area contributed by atoms with Crippen LogP contribution in [0.25, 0.3) is 0 Å². The van der Waals surface area contributed by atoms with Gasteiger partial charge in [0.1, 0.15) is 0 Å². The van der Waals surface area contributed by atoms with Crippen molar-refractivity contribution in [3.8, 4) is 0 Å². The smallest absolute Gasteiger partial charge is 0.243 e. The Bertz CT molecular complexity index is 745. The highest BCUT2D eigenvalue weighted by atomic mass is 35.5. The normalized spacial score (nSPS) is 17.4. The number of sulfonamides is 1. The van der Waals surface area contributed by atoms with Gasteiger partial charge >= 0.3 is 0 Å². The van der Waals surface area contributed by atoms with Crippen LogP contribution in [-0.2, 0) is 19.6 Å². The van der Waals surface area contributed by atoms with E-state index in [-0.39, 0.29) is 35.7 Å². The van der Waals surface area contributed by atoms with Gasteiger partial charge in [0.2, 0.25) is 15.9 Å². The molecule has 1 aliphatic rings. The molecule has 0 bridgehead atoms. The van der Waals surface area contributed by atoms with E-state index in [4.69, 9.17) is 4.74 Å². The molecule has 1 heterocycles. The lowest BCUT2D eigenvalue weighted by molar-refractivity contribution is -0.117. The summed E-state index contributed by atoms with van der Waals surface area (Å²) in [7, 11) is -3.58. The summed E-state index contributed by atoms with van der Waals surface area (Å²) in [5, 5.41) is 6.11. The molecule has 1 aromatic rings. The van der Waals surface area contributed by atoms with E-state index in [9.17, 15) is 13.2 Å². The number of halogens is 1. The molecule has 1 fully saturated rings. The molecule has 0 radical (unpaired) electrons. The van der Waals surface area contributed by atoms with Crippen molar-refractivity contribution in [1.29, 1.82) is 0 Å². The zero-order chi connectivity index (χ0) is 19.3. The topological polar surface area (TPSA) is 87.7 Å². The molecule has 0 spiro atoms. The van der Waals surface area contributed by atoms with Crippen LogP contribution in [-0.4, -0.2) is 57.5 Å². The van der Waals surface area contributed by atoms with Crippen LogP contribution in [0.1, 0.15) is 31.4 Å². The number of ether oxygens (including phenoxy) is 1. The number of nitrogens with zero attached hydrogens (tertiary/aromatic N) is 1. The van der Waals surface area contributed by atoms with Crippen LogP contribution in [0.3, 0.4) is 0 Å². The van der Waals surface area contributed by atoms with Gasteiger partial charge in [-0.3, -0.25) is 4.79 Å². The lowest BCUT2D eigenvalue weighted by Crippen LogP contribution is -2.43. The highest BCUT2D eigenvalue weighted by Gasteiger charge is 2.24. The summed E-state index contributed by atoms with van der Waals surface area (Å²) in [6.07, 6.45) is 0.283. The maximum atomic E-state index is 12.8. The maximum absolute atomic E-state index is 12.8. The second-order valence-corrected chi connectivity index (χ2v) is 8.42. The molecular formula is C18H30ClN3O4S. The van der Waals surface area contributed by atoms with Crippen LogP contribution in [0.15, 0.2) is 17.0 Å². The molecule has 1 aromatic carbocycles. The van der Waals surface area contributed by atoms with Crippen LogP contribution in [0.2, 0.25) is 0 Å². The van der Waals surface area contributed by atoms with E-state index >= 15 is 0 Å². The summed E-state index contributed by atoms with van der Waals surface area (Å²) < 4.78 is 32.4. The van der Waals surface area contributed by atoms with Gasteiger partial charge < -0.3 is 15.4 Å². The van der Waals surface area contributed by atoms with Crippen molar-refractivity contribution >= 4 is 34.0 Å². The number of hydrogen-bond donors (Lipinski definition) is 2. The van der Waals surface area contributed by atoms with Crippen LogP contribution in [0.4, 0.5) is 5.69 Å². The summed E-state index contributed by atoms with van der Waals surface area (Å²) in [4.78, 5) is 12.6. The second kappa shape index (κ2) is 10.4. The van der Waals surface area contributed by atoms with E-state index in [1.165, 1.54) is 4.31 Å². The first-order valence-corrected chi connectivity index (χ1v) is 10.5. The summed E-state index contributed by atoms with van der Waals surface area (Å²) in [6, 6.07) is 3.20. The van der Waals surface area contributed by atoms with Crippen LogP contribution in [0.5, 0.6) is 0 Å². The first-order valence-electron chi connectivity index (χ1n) is 9.02. The largest absolute Gasteiger partial charge is 0.378 e. The Morgan fingerprint density at radius 1 is 1.30 bits per heavy atom. The molecule has 1 saturated heterocycles. The standard InChI is InChI=1S/C18H29N3O4S.ClH/c1-5-21(6-2)26(23,24)16-9-13(3)14(4)17(11-16)20-18(22)10-15-12-25-8-7-19-15;/h9,11,15,19H,5-8,10,12H2,1-4H3,(H,20,22);1H. The van der Waals surface area contributed by atoms with Crippen molar-refractivity contribution < 1.29 is 17.9 Å². The summed E-state index contributed by atoms with van der Waals surface area (Å²) >= 11 is 0. The predicted octanol–water partition coefficient (Wildman–Crippen LogP) is 2.07. The molecule has 2 rings (SSSR count). The number of aryl methyl sites for hydroxylation is 1. The molecule has 1 aliphatic heterocycles. The zero-order valence-corrected chi connectivity index (χ0v) is 18.0. The molecule has 154 valence electrons. The number of rotatable bonds is 7. The summed E-state index contributed by atoms with van der Waals surface area (Å²) in [5.74, 6) is -0.159. The Morgan fingerprint density at radius 3 is 2.52 bits per heavy atom. The third-order valence-corrected chi connectivity index (χ3v) is 6.72. The Morgan fingerprint density at radius 2 is 1.96 bits per heavy atom. The number of carbonyl (C=O) groups is 1. The number of nitrogens with one attached hydrogen (secondary N) is 2. The van der Waals surface area contributed by atoms with Gasteiger partial charge in [0, 0.05) is 37.8 Å². The van der Waals surface area contributed by atoms with Crippen LogP contribution < -0.4 is 10.6 Å². The Hall–Kier alpha value is -1.19. The molecule has 7 nitrogen and oxygen atoms in total.